The van der Waals surface area contributed by atoms with Gasteiger partial charge < -0.3 is 4.42 Å². The van der Waals surface area contributed by atoms with Crippen molar-refractivity contribution in [1.29, 1.82) is 0 Å². The molecule has 0 saturated carbocycles. The quantitative estimate of drug-likeness (QED) is 0.440. The lowest BCUT2D eigenvalue weighted by Gasteiger charge is -2.12. The van der Waals surface area contributed by atoms with Crippen molar-refractivity contribution < 1.29 is 8.81 Å². The lowest BCUT2D eigenvalue weighted by molar-refractivity contribution is 0.467. The fourth-order valence-corrected chi connectivity index (χ4v) is 5.08. The first-order valence-corrected chi connectivity index (χ1v) is 10.6. The molecule has 0 radical (unpaired) electrons. The van der Waals surface area contributed by atoms with Crippen LogP contribution in [-0.2, 0) is 6.42 Å². The van der Waals surface area contributed by atoms with E-state index in [-0.39, 0.29) is 0 Å². The van der Waals surface area contributed by atoms with Crippen molar-refractivity contribution in [2.45, 2.75) is 33.2 Å². The molecule has 1 aliphatic rings. The molecule has 1 aliphatic heterocycles. The predicted molar refractivity (Wildman–Crippen MR) is 113 cm³/mol. The van der Waals surface area contributed by atoms with E-state index in [1.165, 1.54) is 12.3 Å². The molecule has 0 unspecified atom stereocenters. The van der Waals surface area contributed by atoms with Crippen LogP contribution in [0.5, 0.6) is 0 Å². The molecule has 4 aromatic rings. The minimum Gasteiger partial charge on any atom is -0.449 e. The Kier molecular flexibility index (Phi) is 4.56. The van der Waals surface area contributed by atoms with Crippen LogP contribution in [0, 0.1) is 26.6 Å². The SMILES string of the molecule is Cc1sc2c(c1C)C(c1ccc(Cl)cc1F)=N[C@H](Cc1ncco1)c1nnc(C)n1-2. The van der Waals surface area contributed by atoms with Gasteiger partial charge in [-0.25, -0.2) is 9.37 Å². The van der Waals surface area contributed by atoms with E-state index in [9.17, 15) is 0 Å². The number of thiophene rings is 1. The van der Waals surface area contributed by atoms with Gasteiger partial charge in [0.1, 0.15) is 28.9 Å². The van der Waals surface area contributed by atoms with E-state index < -0.39 is 11.9 Å². The highest BCUT2D eigenvalue weighted by atomic mass is 35.5. The highest BCUT2D eigenvalue weighted by Gasteiger charge is 2.32. The highest BCUT2D eigenvalue weighted by Crippen LogP contribution is 2.39. The van der Waals surface area contributed by atoms with Gasteiger partial charge in [0.15, 0.2) is 11.7 Å². The summed E-state index contributed by atoms with van der Waals surface area (Å²) in [5.41, 5.74) is 2.91. The number of aryl methyl sites for hydroxylation is 2. The van der Waals surface area contributed by atoms with Gasteiger partial charge in [-0.1, -0.05) is 11.6 Å². The van der Waals surface area contributed by atoms with Crippen molar-refractivity contribution in [3.05, 3.63) is 80.6 Å². The summed E-state index contributed by atoms with van der Waals surface area (Å²) in [4.78, 5) is 10.4. The fourth-order valence-electron chi connectivity index (χ4n) is 3.71. The van der Waals surface area contributed by atoms with Gasteiger partial charge in [0, 0.05) is 21.0 Å². The number of oxazole rings is 1. The third-order valence-electron chi connectivity index (χ3n) is 5.28. The van der Waals surface area contributed by atoms with Crippen LogP contribution in [-0.4, -0.2) is 25.5 Å². The number of benzene rings is 1. The molecule has 0 bridgehead atoms. The molecule has 5 rings (SSSR count). The number of hydrogen-bond donors (Lipinski definition) is 0. The van der Waals surface area contributed by atoms with Crippen LogP contribution < -0.4 is 0 Å². The van der Waals surface area contributed by atoms with E-state index in [0.717, 1.165) is 26.8 Å². The van der Waals surface area contributed by atoms with Crippen LogP contribution in [0.1, 0.15) is 45.1 Å². The monoisotopic (exact) mass is 441 g/mol. The molecule has 30 heavy (non-hydrogen) atoms. The topological polar surface area (TPSA) is 69.1 Å². The Labute approximate surface area is 181 Å². The summed E-state index contributed by atoms with van der Waals surface area (Å²) in [6.45, 7) is 5.98. The third-order valence-corrected chi connectivity index (χ3v) is 6.70. The van der Waals surface area contributed by atoms with Crippen LogP contribution >= 0.6 is 22.9 Å². The van der Waals surface area contributed by atoms with E-state index in [2.05, 4.69) is 15.2 Å². The Morgan fingerprint density at radius 2 is 2.07 bits per heavy atom. The Hall–Kier alpha value is -2.84. The Morgan fingerprint density at radius 3 is 2.80 bits per heavy atom. The fraction of sp³-hybridized carbons (Fsp3) is 0.238. The average Bonchev–Trinajstić information content (AvgIpc) is 3.38. The van der Waals surface area contributed by atoms with Crippen LogP contribution in [0.25, 0.3) is 5.00 Å². The lowest BCUT2D eigenvalue weighted by Crippen LogP contribution is -2.10. The van der Waals surface area contributed by atoms with Gasteiger partial charge in [-0.15, -0.1) is 21.5 Å². The largest absolute Gasteiger partial charge is 0.449 e. The zero-order valence-electron chi connectivity index (χ0n) is 16.5. The Bertz CT molecular complexity index is 1290. The van der Waals surface area contributed by atoms with Gasteiger partial charge in [0.2, 0.25) is 0 Å². The van der Waals surface area contributed by atoms with Crippen molar-refractivity contribution in [2.75, 3.05) is 0 Å². The van der Waals surface area contributed by atoms with Crippen LogP contribution in [0.4, 0.5) is 4.39 Å². The molecule has 152 valence electrons. The third kappa shape index (κ3) is 2.98. The molecule has 3 aromatic heterocycles. The van der Waals surface area contributed by atoms with E-state index in [4.69, 9.17) is 21.0 Å². The molecule has 1 atom stereocenters. The number of aliphatic imine (C=N–C) groups is 1. The summed E-state index contributed by atoms with van der Waals surface area (Å²) >= 11 is 7.63. The number of hydrogen-bond acceptors (Lipinski definition) is 6. The second-order valence-electron chi connectivity index (χ2n) is 7.15. The molecular weight excluding hydrogens is 425 g/mol. The van der Waals surface area contributed by atoms with Gasteiger partial charge in [-0.2, -0.15) is 0 Å². The zero-order chi connectivity index (χ0) is 21.0. The molecule has 9 heteroatoms. The highest BCUT2D eigenvalue weighted by molar-refractivity contribution is 7.15. The van der Waals surface area contributed by atoms with Gasteiger partial charge >= 0.3 is 0 Å². The minimum atomic E-state index is -0.436. The molecule has 0 aliphatic carbocycles. The van der Waals surface area contributed by atoms with Crippen LogP contribution in [0.15, 0.2) is 40.1 Å². The van der Waals surface area contributed by atoms with E-state index >= 15 is 4.39 Å². The van der Waals surface area contributed by atoms with Crippen molar-refractivity contribution in [3.63, 3.8) is 0 Å². The summed E-state index contributed by atoms with van der Waals surface area (Å²) in [6.07, 6.45) is 3.50. The van der Waals surface area contributed by atoms with Gasteiger partial charge in [-0.3, -0.25) is 9.56 Å². The van der Waals surface area contributed by atoms with E-state index in [1.54, 1.807) is 29.7 Å². The maximum absolute atomic E-state index is 15.0. The second kappa shape index (κ2) is 7.14. The summed E-state index contributed by atoms with van der Waals surface area (Å²) in [5.74, 6) is 1.54. The summed E-state index contributed by atoms with van der Waals surface area (Å²) in [7, 11) is 0. The molecule has 0 amide bonds. The molecular formula is C21H17ClFN5OS. The minimum absolute atomic E-state index is 0.341. The molecule has 1 aromatic carbocycles. The average molecular weight is 442 g/mol. The van der Waals surface area contributed by atoms with Crippen molar-refractivity contribution in [3.8, 4) is 5.00 Å². The summed E-state index contributed by atoms with van der Waals surface area (Å²) < 4.78 is 22.5. The van der Waals surface area contributed by atoms with E-state index in [1.807, 2.05) is 25.3 Å². The maximum atomic E-state index is 15.0. The smallest absolute Gasteiger partial charge is 0.196 e. The van der Waals surface area contributed by atoms with Crippen LogP contribution in [0.3, 0.4) is 0 Å². The first kappa shape index (κ1) is 19.1. The first-order valence-electron chi connectivity index (χ1n) is 9.38. The number of aromatic nitrogens is 4. The molecule has 4 heterocycles. The summed E-state index contributed by atoms with van der Waals surface area (Å²) in [5, 5.41) is 9.98. The van der Waals surface area contributed by atoms with Crippen molar-refractivity contribution in [2.24, 2.45) is 4.99 Å². The van der Waals surface area contributed by atoms with Crippen molar-refractivity contribution >= 4 is 28.6 Å². The van der Waals surface area contributed by atoms with Crippen LogP contribution in [0.2, 0.25) is 5.02 Å². The number of nitrogens with zero attached hydrogens (tertiary/aromatic N) is 5. The zero-order valence-corrected chi connectivity index (χ0v) is 18.1. The number of halogens is 2. The Balaban J connectivity index is 1.80. The maximum Gasteiger partial charge on any atom is 0.196 e. The van der Waals surface area contributed by atoms with Gasteiger partial charge in [0.05, 0.1) is 18.3 Å². The van der Waals surface area contributed by atoms with Crippen molar-refractivity contribution in [1.82, 2.24) is 19.7 Å². The lowest BCUT2D eigenvalue weighted by atomic mass is 9.99. The van der Waals surface area contributed by atoms with E-state index in [0.29, 0.717) is 34.4 Å². The van der Waals surface area contributed by atoms with Gasteiger partial charge in [0.25, 0.3) is 0 Å². The van der Waals surface area contributed by atoms with Gasteiger partial charge in [-0.05, 0) is 44.5 Å². The molecule has 0 saturated heterocycles. The molecule has 0 fully saturated rings. The normalized spacial score (nSPS) is 15.5. The standard InChI is InChI=1S/C21H17ClFN5OS/c1-10-11(2)30-21-18(10)19(14-5-4-13(22)8-15(14)23)25-16(9-17-24-6-7-29-17)20-27-26-12(3)28(20)21/h4-8,16H,9H2,1-3H3/t16-/m1/s1. The predicted octanol–water partition coefficient (Wildman–Crippen LogP) is 5.17. The second-order valence-corrected chi connectivity index (χ2v) is 8.79. The molecule has 0 spiro atoms. The Morgan fingerprint density at radius 1 is 1.23 bits per heavy atom. The molecule has 6 nitrogen and oxygen atoms in total. The first-order chi connectivity index (χ1) is 14.4. The molecule has 0 N–H and O–H groups in total. The number of fused-ring (bicyclic) bond motifs is 3. The summed E-state index contributed by atoms with van der Waals surface area (Å²) in [6, 6.07) is 4.23. The number of rotatable bonds is 3.